The molecule has 0 amide bonds. The maximum atomic E-state index is 12.4. The van der Waals surface area contributed by atoms with Gasteiger partial charge in [0, 0.05) is 17.5 Å². The Labute approximate surface area is 104 Å². The number of thiophene rings is 1. The number of aryl methyl sites for hydroxylation is 2. The molecule has 0 aliphatic carbocycles. The molecule has 0 radical (unpaired) electrons. The van der Waals surface area contributed by atoms with E-state index in [1.165, 1.54) is 4.88 Å². The highest BCUT2D eigenvalue weighted by Gasteiger charge is 2.14. The number of fused-ring (bicyclic) bond motifs is 1. The summed E-state index contributed by atoms with van der Waals surface area (Å²) in [6.07, 6.45) is 1.65. The summed E-state index contributed by atoms with van der Waals surface area (Å²) in [6, 6.07) is 0.115. The molecular weight excluding hydrogens is 234 g/mol. The van der Waals surface area contributed by atoms with Gasteiger partial charge in [-0.15, -0.1) is 11.3 Å². The number of hydrogen-bond donors (Lipinski definition) is 1. The molecule has 5 heteroatoms. The quantitative estimate of drug-likeness (QED) is 0.905. The average Bonchev–Trinajstić information content (AvgIpc) is 2.56. The first-order valence-electron chi connectivity index (χ1n) is 5.67. The van der Waals surface area contributed by atoms with E-state index < -0.39 is 0 Å². The Morgan fingerprint density at radius 1 is 1.53 bits per heavy atom. The molecule has 1 N–H and O–H groups in total. The van der Waals surface area contributed by atoms with Gasteiger partial charge < -0.3 is 5.32 Å². The van der Waals surface area contributed by atoms with Crippen molar-refractivity contribution < 1.29 is 0 Å². The van der Waals surface area contributed by atoms with Crippen molar-refractivity contribution in [2.24, 2.45) is 0 Å². The van der Waals surface area contributed by atoms with Crippen molar-refractivity contribution in [1.29, 1.82) is 0 Å². The molecule has 2 rings (SSSR count). The molecule has 17 heavy (non-hydrogen) atoms. The van der Waals surface area contributed by atoms with Gasteiger partial charge in [0.15, 0.2) is 0 Å². The van der Waals surface area contributed by atoms with Crippen molar-refractivity contribution in [2.75, 3.05) is 13.6 Å². The lowest BCUT2D eigenvalue weighted by atomic mass is 10.2. The van der Waals surface area contributed by atoms with Crippen LogP contribution in [0.2, 0.25) is 0 Å². The van der Waals surface area contributed by atoms with Crippen LogP contribution >= 0.6 is 11.3 Å². The zero-order valence-corrected chi connectivity index (χ0v) is 11.4. The van der Waals surface area contributed by atoms with Crippen LogP contribution in [0.5, 0.6) is 0 Å². The van der Waals surface area contributed by atoms with Crippen molar-refractivity contribution in [3.05, 3.63) is 27.1 Å². The summed E-state index contributed by atoms with van der Waals surface area (Å²) in [5.41, 5.74) is 1.13. The third-order valence-electron chi connectivity index (χ3n) is 3.09. The molecule has 1 unspecified atom stereocenters. The van der Waals surface area contributed by atoms with Crippen LogP contribution in [0.25, 0.3) is 10.2 Å². The third kappa shape index (κ3) is 2.00. The van der Waals surface area contributed by atoms with Gasteiger partial charge in [-0.1, -0.05) is 0 Å². The summed E-state index contributed by atoms with van der Waals surface area (Å²) in [6.45, 7) is 6.79. The van der Waals surface area contributed by atoms with Gasteiger partial charge in [0.05, 0.1) is 11.7 Å². The lowest BCUT2D eigenvalue weighted by molar-refractivity contribution is 0.500. The van der Waals surface area contributed by atoms with Crippen LogP contribution in [-0.4, -0.2) is 23.1 Å². The number of rotatable bonds is 3. The van der Waals surface area contributed by atoms with Gasteiger partial charge in [0.25, 0.3) is 5.56 Å². The summed E-state index contributed by atoms with van der Waals surface area (Å²) in [5, 5.41) is 3.85. The van der Waals surface area contributed by atoms with Gasteiger partial charge in [0.2, 0.25) is 0 Å². The van der Waals surface area contributed by atoms with E-state index in [4.69, 9.17) is 0 Å². The van der Waals surface area contributed by atoms with Crippen LogP contribution in [0.15, 0.2) is 11.1 Å². The predicted molar refractivity (Wildman–Crippen MR) is 72.0 cm³/mol. The van der Waals surface area contributed by atoms with Gasteiger partial charge in [-0.3, -0.25) is 9.36 Å². The summed E-state index contributed by atoms with van der Waals surface area (Å²) >= 11 is 1.59. The van der Waals surface area contributed by atoms with Gasteiger partial charge in [-0.2, -0.15) is 0 Å². The van der Waals surface area contributed by atoms with Crippen molar-refractivity contribution in [1.82, 2.24) is 14.9 Å². The molecule has 0 saturated heterocycles. The van der Waals surface area contributed by atoms with E-state index >= 15 is 0 Å². The van der Waals surface area contributed by atoms with Gasteiger partial charge in [-0.25, -0.2) is 4.98 Å². The first-order chi connectivity index (χ1) is 8.06. The number of hydrogen-bond acceptors (Lipinski definition) is 4. The minimum Gasteiger partial charge on any atom is -0.318 e. The Morgan fingerprint density at radius 2 is 2.24 bits per heavy atom. The monoisotopic (exact) mass is 251 g/mol. The standard InChI is InChI=1S/C12H17N3OS/c1-7(5-13-4)15-6-14-11-10(12(15)16)8(2)9(3)17-11/h6-7,13H,5H2,1-4H3. The molecule has 0 bridgehead atoms. The summed E-state index contributed by atoms with van der Waals surface area (Å²) in [5.74, 6) is 0. The molecule has 1 atom stereocenters. The maximum absolute atomic E-state index is 12.4. The van der Waals surface area contributed by atoms with Crippen LogP contribution < -0.4 is 10.9 Å². The molecule has 0 aromatic carbocycles. The summed E-state index contributed by atoms with van der Waals surface area (Å²) < 4.78 is 1.71. The highest BCUT2D eigenvalue weighted by Crippen LogP contribution is 2.25. The van der Waals surface area contributed by atoms with Gasteiger partial charge >= 0.3 is 0 Å². The average molecular weight is 251 g/mol. The highest BCUT2D eigenvalue weighted by atomic mass is 32.1. The number of likely N-dealkylation sites (N-methyl/N-ethyl adjacent to an activating group) is 1. The molecule has 0 aliphatic heterocycles. The van der Waals surface area contributed by atoms with Crippen molar-refractivity contribution in [3.63, 3.8) is 0 Å². The van der Waals surface area contributed by atoms with E-state index in [0.717, 1.165) is 22.3 Å². The Kier molecular flexibility index (Phi) is 3.31. The zero-order valence-electron chi connectivity index (χ0n) is 10.6. The van der Waals surface area contributed by atoms with E-state index in [2.05, 4.69) is 10.3 Å². The SMILES string of the molecule is CNCC(C)n1cnc2sc(C)c(C)c2c1=O. The molecule has 4 nitrogen and oxygen atoms in total. The minimum atomic E-state index is 0.0691. The Bertz CT molecular complexity index is 600. The lowest BCUT2D eigenvalue weighted by Gasteiger charge is -2.13. The van der Waals surface area contributed by atoms with Crippen LogP contribution in [0.3, 0.4) is 0 Å². The molecule has 0 fully saturated rings. The Balaban J connectivity index is 2.65. The first-order valence-corrected chi connectivity index (χ1v) is 6.49. The number of nitrogens with one attached hydrogen (secondary N) is 1. The molecular formula is C12H17N3OS. The minimum absolute atomic E-state index is 0.0691. The Hall–Kier alpha value is -1.20. The van der Waals surface area contributed by atoms with Gasteiger partial charge in [0.1, 0.15) is 4.83 Å². The molecule has 2 aromatic rings. The van der Waals surface area contributed by atoms with Crippen molar-refractivity contribution >= 4 is 21.6 Å². The summed E-state index contributed by atoms with van der Waals surface area (Å²) in [7, 11) is 1.88. The fourth-order valence-electron chi connectivity index (χ4n) is 1.96. The van der Waals surface area contributed by atoms with E-state index in [1.807, 2.05) is 27.8 Å². The second-order valence-electron chi connectivity index (χ2n) is 4.33. The smallest absolute Gasteiger partial charge is 0.262 e. The van der Waals surface area contributed by atoms with Crippen LogP contribution in [-0.2, 0) is 0 Å². The summed E-state index contributed by atoms with van der Waals surface area (Å²) in [4.78, 5) is 18.8. The van der Waals surface area contributed by atoms with E-state index in [1.54, 1.807) is 22.2 Å². The Morgan fingerprint density at radius 3 is 2.88 bits per heavy atom. The van der Waals surface area contributed by atoms with Crippen LogP contribution in [0.4, 0.5) is 0 Å². The zero-order chi connectivity index (χ0) is 12.6. The molecule has 92 valence electrons. The number of nitrogens with zero attached hydrogens (tertiary/aromatic N) is 2. The maximum Gasteiger partial charge on any atom is 0.262 e. The van der Waals surface area contributed by atoms with Crippen LogP contribution in [0.1, 0.15) is 23.4 Å². The third-order valence-corrected chi connectivity index (χ3v) is 4.20. The van der Waals surface area contributed by atoms with Crippen LogP contribution in [0, 0.1) is 13.8 Å². The molecule has 2 aromatic heterocycles. The topological polar surface area (TPSA) is 46.9 Å². The fourth-order valence-corrected chi connectivity index (χ4v) is 2.94. The first kappa shape index (κ1) is 12.3. The lowest BCUT2D eigenvalue weighted by Crippen LogP contribution is -2.29. The van der Waals surface area contributed by atoms with E-state index in [9.17, 15) is 4.79 Å². The van der Waals surface area contributed by atoms with E-state index in [0.29, 0.717) is 0 Å². The molecule has 0 spiro atoms. The largest absolute Gasteiger partial charge is 0.318 e. The highest BCUT2D eigenvalue weighted by molar-refractivity contribution is 7.18. The second-order valence-corrected chi connectivity index (χ2v) is 5.53. The van der Waals surface area contributed by atoms with Crippen molar-refractivity contribution in [3.8, 4) is 0 Å². The molecule has 0 saturated carbocycles. The van der Waals surface area contributed by atoms with Crippen molar-refractivity contribution in [2.45, 2.75) is 26.8 Å². The normalized spacial score (nSPS) is 13.2. The number of aromatic nitrogens is 2. The molecule has 0 aliphatic rings. The fraction of sp³-hybridized carbons (Fsp3) is 0.500. The van der Waals surface area contributed by atoms with E-state index in [-0.39, 0.29) is 11.6 Å². The predicted octanol–water partition coefficient (Wildman–Crippen LogP) is 1.86. The molecule has 2 heterocycles. The van der Waals surface area contributed by atoms with Gasteiger partial charge in [-0.05, 0) is 33.4 Å². The second kappa shape index (κ2) is 4.58.